The Balaban J connectivity index is 2.03. The van der Waals surface area contributed by atoms with Crippen molar-refractivity contribution in [2.75, 3.05) is 40.2 Å². The van der Waals surface area contributed by atoms with E-state index in [9.17, 15) is 4.79 Å². The van der Waals surface area contributed by atoms with Gasteiger partial charge in [0, 0.05) is 22.6 Å². The van der Waals surface area contributed by atoms with Crippen molar-refractivity contribution in [2.45, 2.75) is 6.54 Å². The van der Waals surface area contributed by atoms with Gasteiger partial charge in [0.1, 0.15) is 17.2 Å². The average Bonchev–Trinajstić information content (AvgIpc) is 2.61. The summed E-state index contributed by atoms with van der Waals surface area (Å²) in [5.41, 5.74) is 1.57. The highest BCUT2D eigenvalue weighted by Gasteiger charge is 2.13. The molecule has 2 aromatic carbocycles. The van der Waals surface area contributed by atoms with Crippen LogP contribution in [0, 0.1) is 0 Å². The lowest BCUT2D eigenvalue weighted by Crippen LogP contribution is -2.30. The van der Waals surface area contributed by atoms with Crippen LogP contribution in [0.2, 0.25) is 0 Å². The molecule has 0 aliphatic rings. The molecule has 140 valence electrons. The van der Waals surface area contributed by atoms with Crippen molar-refractivity contribution in [2.24, 2.45) is 0 Å². The molecular formula is C19H23BrN2O4. The highest BCUT2D eigenvalue weighted by molar-refractivity contribution is 9.10. The van der Waals surface area contributed by atoms with Crippen LogP contribution in [-0.2, 0) is 11.3 Å². The van der Waals surface area contributed by atoms with Crippen LogP contribution in [0.5, 0.6) is 17.2 Å². The van der Waals surface area contributed by atoms with Crippen molar-refractivity contribution >= 4 is 27.5 Å². The average molecular weight is 423 g/mol. The van der Waals surface area contributed by atoms with Crippen LogP contribution in [0.3, 0.4) is 0 Å². The number of anilines is 1. The molecule has 0 heterocycles. The first-order valence-corrected chi connectivity index (χ1v) is 8.79. The van der Waals surface area contributed by atoms with Gasteiger partial charge in [0.2, 0.25) is 5.91 Å². The molecule has 0 saturated carbocycles. The van der Waals surface area contributed by atoms with Crippen LogP contribution in [0.25, 0.3) is 0 Å². The van der Waals surface area contributed by atoms with Crippen molar-refractivity contribution in [3.63, 3.8) is 0 Å². The molecule has 0 unspecified atom stereocenters. The van der Waals surface area contributed by atoms with Crippen LogP contribution in [0.4, 0.5) is 5.69 Å². The molecule has 0 aliphatic carbocycles. The number of methoxy groups -OCH3 is 3. The number of nitrogens with zero attached hydrogens (tertiary/aromatic N) is 1. The summed E-state index contributed by atoms with van der Waals surface area (Å²) in [5.74, 6) is 1.87. The fourth-order valence-electron chi connectivity index (χ4n) is 2.56. The Hall–Kier alpha value is -2.25. The van der Waals surface area contributed by atoms with E-state index in [0.717, 1.165) is 15.8 Å². The van der Waals surface area contributed by atoms with E-state index in [1.807, 2.05) is 30.1 Å². The fraction of sp³-hybridized carbons (Fsp3) is 0.316. The minimum absolute atomic E-state index is 0.145. The molecule has 26 heavy (non-hydrogen) atoms. The molecule has 1 N–H and O–H groups in total. The van der Waals surface area contributed by atoms with E-state index in [4.69, 9.17) is 14.2 Å². The number of likely N-dealkylation sites (N-methyl/N-ethyl adjacent to an activating group) is 1. The number of hydrogen-bond donors (Lipinski definition) is 1. The Labute approximate surface area is 162 Å². The third-order valence-electron chi connectivity index (χ3n) is 3.78. The van der Waals surface area contributed by atoms with Gasteiger partial charge >= 0.3 is 0 Å². The zero-order valence-electron chi connectivity index (χ0n) is 15.3. The number of amides is 1. The molecule has 2 aromatic rings. The number of carbonyl (C=O) groups is 1. The number of nitrogens with one attached hydrogen (secondary N) is 1. The molecule has 0 fully saturated rings. The zero-order valence-corrected chi connectivity index (χ0v) is 16.9. The topological polar surface area (TPSA) is 60.0 Å². The molecule has 1 amide bonds. The van der Waals surface area contributed by atoms with Crippen LogP contribution in [-0.4, -0.2) is 45.7 Å². The molecule has 0 radical (unpaired) electrons. The third kappa shape index (κ3) is 5.37. The Morgan fingerprint density at radius 1 is 1.04 bits per heavy atom. The summed E-state index contributed by atoms with van der Waals surface area (Å²) < 4.78 is 16.8. The number of ether oxygens (including phenoxy) is 3. The largest absolute Gasteiger partial charge is 0.497 e. The number of halogens is 1. The summed E-state index contributed by atoms with van der Waals surface area (Å²) in [7, 11) is 6.65. The van der Waals surface area contributed by atoms with Crippen LogP contribution < -0.4 is 19.5 Å². The van der Waals surface area contributed by atoms with Gasteiger partial charge in [-0.3, -0.25) is 9.69 Å². The summed E-state index contributed by atoms with van der Waals surface area (Å²) >= 11 is 3.46. The molecule has 0 atom stereocenters. The van der Waals surface area contributed by atoms with Gasteiger partial charge in [-0.15, -0.1) is 0 Å². The van der Waals surface area contributed by atoms with Gasteiger partial charge in [-0.2, -0.15) is 0 Å². The predicted octanol–water partition coefficient (Wildman–Crippen LogP) is 3.55. The first kappa shape index (κ1) is 20.1. The van der Waals surface area contributed by atoms with Gasteiger partial charge in [-0.1, -0.05) is 15.9 Å². The van der Waals surface area contributed by atoms with Gasteiger partial charge in [-0.25, -0.2) is 0 Å². The smallest absolute Gasteiger partial charge is 0.238 e. The van der Waals surface area contributed by atoms with Crippen molar-refractivity contribution in [1.82, 2.24) is 4.90 Å². The first-order valence-electron chi connectivity index (χ1n) is 7.99. The summed E-state index contributed by atoms with van der Waals surface area (Å²) in [4.78, 5) is 14.3. The minimum Gasteiger partial charge on any atom is -0.497 e. The van der Waals surface area contributed by atoms with Gasteiger partial charge < -0.3 is 19.5 Å². The van der Waals surface area contributed by atoms with E-state index in [0.29, 0.717) is 23.7 Å². The summed E-state index contributed by atoms with van der Waals surface area (Å²) in [5, 5.41) is 2.87. The van der Waals surface area contributed by atoms with E-state index in [1.165, 1.54) is 0 Å². The molecule has 0 aromatic heterocycles. The van der Waals surface area contributed by atoms with E-state index in [2.05, 4.69) is 21.2 Å². The Morgan fingerprint density at radius 2 is 1.73 bits per heavy atom. The highest BCUT2D eigenvalue weighted by atomic mass is 79.9. The van der Waals surface area contributed by atoms with Gasteiger partial charge in [-0.05, 0) is 37.4 Å². The Morgan fingerprint density at radius 3 is 2.38 bits per heavy atom. The van der Waals surface area contributed by atoms with Crippen molar-refractivity contribution in [3.05, 3.63) is 46.4 Å². The molecule has 6 nitrogen and oxygen atoms in total. The van der Waals surface area contributed by atoms with Gasteiger partial charge in [0.15, 0.2) is 0 Å². The van der Waals surface area contributed by atoms with Gasteiger partial charge in [0.25, 0.3) is 0 Å². The SMILES string of the molecule is COc1ccc(OC)c(NC(=O)CN(C)Cc2cc(Br)ccc2OC)c1. The quantitative estimate of drug-likeness (QED) is 0.704. The van der Waals surface area contributed by atoms with Crippen molar-refractivity contribution in [1.29, 1.82) is 0 Å². The minimum atomic E-state index is -0.145. The van der Waals surface area contributed by atoms with E-state index >= 15 is 0 Å². The fourth-order valence-corrected chi connectivity index (χ4v) is 2.97. The zero-order chi connectivity index (χ0) is 19.1. The summed E-state index contributed by atoms with van der Waals surface area (Å²) in [6.45, 7) is 0.793. The standard InChI is InChI=1S/C19H23BrN2O4/c1-22(11-13-9-14(20)5-7-17(13)25-3)12-19(23)21-16-10-15(24-2)6-8-18(16)26-4/h5-10H,11-12H2,1-4H3,(H,21,23). The van der Waals surface area contributed by atoms with E-state index in [-0.39, 0.29) is 12.5 Å². The first-order chi connectivity index (χ1) is 12.5. The number of hydrogen-bond acceptors (Lipinski definition) is 5. The van der Waals surface area contributed by atoms with E-state index < -0.39 is 0 Å². The monoisotopic (exact) mass is 422 g/mol. The number of rotatable bonds is 8. The number of carbonyl (C=O) groups excluding carboxylic acids is 1. The molecular weight excluding hydrogens is 400 g/mol. The summed E-state index contributed by atoms with van der Waals surface area (Å²) in [6.07, 6.45) is 0. The molecule has 0 spiro atoms. The normalized spacial score (nSPS) is 10.5. The maximum absolute atomic E-state index is 12.4. The lowest BCUT2D eigenvalue weighted by molar-refractivity contribution is -0.117. The van der Waals surface area contributed by atoms with Crippen molar-refractivity contribution < 1.29 is 19.0 Å². The second-order valence-electron chi connectivity index (χ2n) is 5.74. The van der Waals surface area contributed by atoms with Crippen LogP contribution >= 0.6 is 15.9 Å². The van der Waals surface area contributed by atoms with Crippen LogP contribution in [0.15, 0.2) is 40.9 Å². The molecule has 7 heteroatoms. The predicted molar refractivity (Wildman–Crippen MR) is 105 cm³/mol. The lowest BCUT2D eigenvalue weighted by Gasteiger charge is -2.19. The Bertz CT molecular complexity index is 767. The highest BCUT2D eigenvalue weighted by Crippen LogP contribution is 2.29. The maximum Gasteiger partial charge on any atom is 0.238 e. The van der Waals surface area contributed by atoms with Gasteiger partial charge in [0.05, 0.1) is 33.6 Å². The second-order valence-corrected chi connectivity index (χ2v) is 6.66. The summed E-state index contributed by atoms with van der Waals surface area (Å²) in [6, 6.07) is 11.1. The molecule has 2 rings (SSSR count). The van der Waals surface area contributed by atoms with E-state index in [1.54, 1.807) is 39.5 Å². The molecule has 0 bridgehead atoms. The van der Waals surface area contributed by atoms with Crippen molar-refractivity contribution in [3.8, 4) is 17.2 Å². The third-order valence-corrected chi connectivity index (χ3v) is 4.27. The maximum atomic E-state index is 12.4. The van der Waals surface area contributed by atoms with Crippen LogP contribution in [0.1, 0.15) is 5.56 Å². The number of benzene rings is 2. The second kappa shape index (κ2) is 9.45. The molecule has 0 aliphatic heterocycles. The lowest BCUT2D eigenvalue weighted by atomic mass is 10.2. The Kier molecular flexibility index (Phi) is 7.29. The molecule has 0 saturated heterocycles.